The highest BCUT2D eigenvalue weighted by Crippen LogP contribution is 2.35. The lowest BCUT2D eigenvalue weighted by molar-refractivity contribution is 0.164. The molecule has 1 aromatic rings. The molecule has 1 aromatic carbocycles. The lowest BCUT2D eigenvalue weighted by Gasteiger charge is -2.23. The van der Waals surface area contributed by atoms with E-state index in [1.54, 1.807) is 6.08 Å². The summed E-state index contributed by atoms with van der Waals surface area (Å²) in [5.41, 5.74) is 2.18. The number of nitrogens with zero attached hydrogens (tertiary/aromatic N) is 1. The van der Waals surface area contributed by atoms with E-state index in [0.29, 0.717) is 18.7 Å². The predicted octanol–water partition coefficient (Wildman–Crippen LogP) is 6.44. The van der Waals surface area contributed by atoms with Crippen molar-refractivity contribution >= 4 is 17.7 Å². The van der Waals surface area contributed by atoms with Gasteiger partial charge in [-0.1, -0.05) is 75.2 Å². The zero-order valence-corrected chi connectivity index (χ0v) is 18.7. The second-order valence-corrected chi connectivity index (χ2v) is 8.39. The Morgan fingerprint density at radius 2 is 2.00 bits per heavy atom. The highest BCUT2D eigenvalue weighted by atomic mass is 16.6. The monoisotopic (exact) mass is 422 g/mol. The molecule has 31 heavy (non-hydrogen) atoms. The van der Waals surface area contributed by atoms with E-state index in [1.165, 1.54) is 11.3 Å². The fourth-order valence-corrected chi connectivity index (χ4v) is 3.82. The van der Waals surface area contributed by atoms with Crippen molar-refractivity contribution in [3.8, 4) is 0 Å². The second-order valence-electron chi connectivity index (χ2n) is 8.39. The highest BCUT2D eigenvalue weighted by molar-refractivity contribution is 5.94. The molecule has 1 aliphatic heterocycles. The Bertz CT molecular complexity index is 841. The molecule has 1 heterocycles. The topological polar surface area (TPSA) is 58.6 Å². The Morgan fingerprint density at radius 3 is 2.77 bits per heavy atom. The number of unbranched alkanes of at least 4 members (excludes halogenated alkanes) is 3. The third-order valence-corrected chi connectivity index (χ3v) is 5.99. The molecule has 0 bridgehead atoms. The quantitative estimate of drug-likeness (QED) is 0.349. The van der Waals surface area contributed by atoms with Gasteiger partial charge in [0.25, 0.3) is 0 Å². The van der Waals surface area contributed by atoms with Gasteiger partial charge in [0.2, 0.25) is 0 Å². The maximum absolute atomic E-state index is 12.7. The van der Waals surface area contributed by atoms with Crippen LogP contribution in [0.2, 0.25) is 0 Å². The number of imide groups is 1. The minimum Gasteiger partial charge on any atom is -0.412 e. The number of amides is 3. The largest absolute Gasteiger partial charge is 0.423 e. The van der Waals surface area contributed by atoms with Crippen LogP contribution in [0.5, 0.6) is 0 Å². The van der Waals surface area contributed by atoms with Gasteiger partial charge in [0.15, 0.2) is 0 Å². The van der Waals surface area contributed by atoms with Crippen LogP contribution in [0.25, 0.3) is 5.57 Å². The summed E-state index contributed by atoms with van der Waals surface area (Å²) in [5, 5.41) is 2.89. The smallest absolute Gasteiger partial charge is 0.412 e. The Kier molecular flexibility index (Phi) is 8.51. The Labute approximate surface area is 185 Å². The number of urea groups is 1. The zero-order chi connectivity index (χ0) is 22.1. The normalized spacial score (nSPS) is 19.0. The van der Waals surface area contributed by atoms with E-state index in [1.807, 2.05) is 36.4 Å². The number of hydrogen-bond donors (Lipinski definition) is 1. The van der Waals surface area contributed by atoms with Crippen molar-refractivity contribution in [2.45, 2.75) is 64.8 Å². The van der Waals surface area contributed by atoms with Gasteiger partial charge in [-0.2, -0.15) is 0 Å². The molecule has 2 aliphatic rings. The summed E-state index contributed by atoms with van der Waals surface area (Å²) in [6.07, 6.45) is 14.8. The molecule has 1 saturated heterocycles. The van der Waals surface area contributed by atoms with E-state index in [2.05, 4.69) is 31.3 Å². The molecule has 2 atom stereocenters. The van der Waals surface area contributed by atoms with Crippen LogP contribution in [-0.4, -0.2) is 29.6 Å². The molecule has 0 saturated carbocycles. The number of fused-ring (bicyclic) bond motifs is 1. The first-order valence-electron chi connectivity index (χ1n) is 11.5. The number of hydrogen-bond acceptors (Lipinski definition) is 3. The van der Waals surface area contributed by atoms with Gasteiger partial charge in [-0.15, -0.1) is 0 Å². The molecule has 2 unspecified atom stereocenters. The maximum atomic E-state index is 12.7. The number of carbonyl (C=O) groups excluding carboxylic acids is 2. The Hall–Kier alpha value is -2.82. The minimum atomic E-state index is -0.595. The molecule has 0 spiro atoms. The van der Waals surface area contributed by atoms with Crippen molar-refractivity contribution < 1.29 is 14.3 Å². The van der Waals surface area contributed by atoms with Gasteiger partial charge >= 0.3 is 12.1 Å². The first-order chi connectivity index (χ1) is 15.1. The van der Waals surface area contributed by atoms with E-state index in [-0.39, 0.29) is 12.1 Å². The van der Waals surface area contributed by atoms with Crippen molar-refractivity contribution in [3.05, 3.63) is 66.0 Å². The van der Waals surface area contributed by atoms with Crippen LogP contribution in [0.3, 0.4) is 0 Å². The van der Waals surface area contributed by atoms with Crippen molar-refractivity contribution in [2.24, 2.45) is 5.92 Å². The number of carbonyl (C=O) groups is 2. The van der Waals surface area contributed by atoms with Gasteiger partial charge in [-0.3, -0.25) is 0 Å². The van der Waals surface area contributed by atoms with Crippen molar-refractivity contribution in [3.63, 3.8) is 0 Å². The van der Waals surface area contributed by atoms with Gasteiger partial charge in [-0.25, -0.2) is 14.5 Å². The molecule has 3 rings (SSSR count). The number of rotatable bonds is 10. The van der Waals surface area contributed by atoms with Crippen LogP contribution in [0.1, 0.15) is 64.4 Å². The summed E-state index contributed by atoms with van der Waals surface area (Å²) in [4.78, 5) is 26.2. The standard InChI is InChI=1S/C26H34N2O3/c1-3-20(2)13-9-6-4-5-7-12-18-27-25(29)28-23-19-22(21-14-10-8-11-15-21)16-17-24(23)31-26(28)30/h6,8-11,14-17,20,23H,3-5,7,12-13,18-19H2,1-2H3,(H,27,29)/b9-6-. The number of allylic oxidation sites excluding steroid dienone is 4. The summed E-state index contributed by atoms with van der Waals surface area (Å²) in [7, 11) is 0. The lowest BCUT2D eigenvalue weighted by Crippen LogP contribution is -2.45. The molecular weight excluding hydrogens is 388 g/mol. The van der Waals surface area contributed by atoms with E-state index in [9.17, 15) is 9.59 Å². The number of nitrogens with one attached hydrogen (secondary N) is 1. The van der Waals surface area contributed by atoms with Gasteiger partial charge in [0, 0.05) is 13.0 Å². The van der Waals surface area contributed by atoms with Crippen LogP contribution >= 0.6 is 0 Å². The molecule has 5 nitrogen and oxygen atoms in total. The zero-order valence-electron chi connectivity index (χ0n) is 18.7. The number of ether oxygens (including phenoxy) is 1. The SMILES string of the molecule is CCC(C)C/C=C\CCCCCNC(=O)N1C(=O)OC2=CC=C(c3ccccc3)CC21. The molecule has 5 heteroatoms. The molecule has 0 aromatic heterocycles. The summed E-state index contributed by atoms with van der Waals surface area (Å²) < 4.78 is 5.33. The van der Waals surface area contributed by atoms with Crippen molar-refractivity contribution in [1.29, 1.82) is 0 Å². The first-order valence-corrected chi connectivity index (χ1v) is 11.5. The van der Waals surface area contributed by atoms with Crippen LogP contribution in [0, 0.1) is 5.92 Å². The third kappa shape index (κ3) is 6.33. The van der Waals surface area contributed by atoms with Crippen molar-refractivity contribution in [1.82, 2.24) is 10.2 Å². The Balaban J connectivity index is 1.41. The van der Waals surface area contributed by atoms with Gasteiger partial charge < -0.3 is 10.1 Å². The molecular formula is C26H34N2O3. The summed E-state index contributed by atoms with van der Waals surface area (Å²) >= 11 is 0. The van der Waals surface area contributed by atoms with E-state index in [4.69, 9.17) is 4.74 Å². The average Bonchev–Trinajstić information content (AvgIpc) is 3.13. The Morgan fingerprint density at radius 1 is 1.19 bits per heavy atom. The minimum absolute atomic E-state index is 0.372. The van der Waals surface area contributed by atoms with E-state index >= 15 is 0 Å². The summed E-state index contributed by atoms with van der Waals surface area (Å²) in [6, 6.07) is 9.26. The lowest BCUT2D eigenvalue weighted by atomic mass is 9.93. The van der Waals surface area contributed by atoms with Gasteiger partial charge in [0.05, 0.1) is 0 Å². The number of benzene rings is 1. The van der Waals surface area contributed by atoms with Crippen molar-refractivity contribution in [2.75, 3.05) is 6.54 Å². The molecule has 1 fully saturated rings. The van der Waals surface area contributed by atoms with Crippen LogP contribution in [-0.2, 0) is 4.74 Å². The van der Waals surface area contributed by atoms with E-state index < -0.39 is 6.09 Å². The molecule has 3 amide bonds. The molecule has 0 radical (unpaired) electrons. The first kappa shape index (κ1) is 22.9. The maximum Gasteiger partial charge on any atom is 0.423 e. The molecule has 1 N–H and O–H groups in total. The summed E-state index contributed by atoms with van der Waals surface area (Å²) in [6.45, 7) is 5.05. The second kappa shape index (κ2) is 11.5. The summed E-state index contributed by atoms with van der Waals surface area (Å²) in [5.74, 6) is 1.30. The van der Waals surface area contributed by atoms with Crippen LogP contribution in [0.4, 0.5) is 9.59 Å². The highest BCUT2D eigenvalue weighted by Gasteiger charge is 2.43. The predicted molar refractivity (Wildman–Crippen MR) is 124 cm³/mol. The van der Waals surface area contributed by atoms with E-state index in [0.717, 1.165) is 49.2 Å². The molecule has 1 aliphatic carbocycles. The average molecular weight is 423 g/mol. The fourth-order valence-electron chi connectivity index (χ4n) is 3.82. The van der Waals surface area contributed by atoms with Crippen LogP contribution < -0.4 is 5.32 Å². The fraction of sp³-hybridized carbons (Fsp3) is 0.462. The van der Waals surface area contributed by atoms with Crippen LogP contribution in [0.15, 0.2) is 60.4 Å². The van der Waals surface area contributed by atoms with Gasteiger partial charge in [-0.05, 0) is 48.8 Å². The van der Waals surface area contributed by atoms with Gasteiger partial charge in [0.1, 0.15) is 11.8 Å². The third-order valence-electron chi connectivity index (χ3n) is 5.99. The molecule has 166 valence electrons.